The van der Waals surface area contributed by atoms with E-state index in [4.69, 9.17) is 13.7 Å². The Hall–Kier alpha value is -2.79. The van der Waals surface area contributed by atoms with Crippen molar-refractivity contribution in [1.29, 1.82) is 0 Å². The van der Waals surface area contributed by atoms with E-state index in [0.29, 0.717) is 31.2 Å². The summed E-state index contributed by atoms with van der Waals surface area (Å²) in [4.78, 5) is 14.1. The van der Waals surface area contributed by atoms with Crippen LogP contribution in [0.3, 0.4) is 0 Å². The molecule has 1 amide bonds. The molecule has 2 aromatic rings. The molecule has 212 valence electrons. The fraction of sp³-hybridized carbons (Fsp3) is 0.519. The highest BCUT2D eigenvalue weighted by molar-refractivity contribution is 7.87. The molecule has 0 N–H and O–H groups in total. The molecule has 0 heterocycles. The van der Waals surface area contributed by atoms with E-state index in [1.54, 1.807) is 11.0 Å². The number of alkyl halides is 3. The number of carbonyl (C=O) groups excluding carboxylic acids is 1. The highest BCUT2D eigenvalue weighted by atomic mass is 32.2. The summed E-state index contributed by atoms with van der Waals surface area (Å²) in [5.41, 5.74) is -0.492. The number of ether oxygens (including phenoxy) is 2. The summed E-state index contributed by atoms with van der Waals surface area (Å²) in [5, 5.41) is 0. The summed E-state index contributed by atoms with van der Waals surface area (Å²) >= 11 is 0. The van der Waals surface area contributed by atoms with E-state index in [1.807, 2.05) is 6.92 Å². The normalized spacial score (nSPS) is 13.2. The van der Waals surface area contributed by atoms with Gasteiger partial charge in [-0.2, -0.15) is 21.6 Å². The van der Waals surface area contributed by atoms with Crippen LogP contribution in [0.5, 0.6) is 11.5 Å². The highest BCUT2D eigenvalue weighted by Gasteiger charge is 2.32. The summed E-state index contributed by atoms with van der Waals surface area (Å²) < 4.78 is 80.5. The Morgan fingerprint density at radius 1 is 1.03 bits per heavy atom. The van der Waals surface area contributed by atoms with Crippen LogP contribution in [0.2, 0.25) is 0 Å². The summed E-state index contributed by atoms with van der Waals surface area (Å²) in [5.74, 6) is -0.0610. The summed E-state index contributed by atoms with van der Waals surface area (Å²) in [6.45, 7) is 9.14. The molecule has 38 heavy (non-hydrogen) atoms. The predicted molar refractivity (Wildman–Crippen MR) is 137 cm³/mol. The zero-order valence-electron chi connectivity index (χ0n) is 22.6. The van der Waals surface area contributed by atoms with E-state index >= 15 is 0 Å². The van der Waals surface area contributed by atoms with E-state index < -0.39 is 26.8 Å². The first-order valence-electron chi connectivity index (χ1n) is 12.1. The molecule has 2 rings (SSSR count). The van der Waals surface area contributed by atoms with Gasteiger partial charge in [-0.15, -0.1) is 0 Å². The van der Waals surface area contributed by atoms with Crippen LogP contribution in [-0.2, 0) is 32.4 Å². The van der Waals surface area contributed by atoms with Crippen molar-refractivity contribution in [3.63, 3.8) is 0 Å². The zero-order chi connectivity index (χ0) is 28.7. The molecule has 0 saturated heterocycles. The molecule has 0 spiro atoms. The Morgan fingerprint density at radius 3 is 2.29 bits per heavy atom. The summed E-state index contributed by atoms with van der Waals surface area (Å²) in [7, 11) is -1.78. The van der Waals surface area contributed by atoms with Crippen LogP contribution >= 0.6 is 0 Å². The van der Waals surface area contributed by atoms with Crippen molar-refractivity contribution in [3.05, 3.63) is 53.6 Å². The van der Waals surface area contributed by atoms with Crippen molar-refractivity contribution in [1.82, 2.24) is 4.90 Å². The largest absolute Gasteiger partial charge is 0.493 e. The lowest BCUT2D eigenvalue weighted by Crippen LogP contribution is -2.34. The van der Waals surface area contributed by atoms with Crippen LogP contribution in [0.4, 0.5) is 13.2 Å². The average Bonchev–Trinajstić information content (AvgIpc) is 2.80. The molecular formula is C27H36F3NO6S. The van der Waals surface area contributed by atoms with Crippen LogP contribution in [0.15, 0.2) is 47.4 Å². The van der Waals surface area contributed by atoms with E-state index in [-0.39, 0.29) is 35.3 Å². The van der Waals surface area contributed by atoms with Crippen LogP contribution in [0.25, 0.3) is 0 Å². The number of hydrogen-bond donors (Lipinski definition) is 0. The molecule has 0 unspecified atom stereocenters. The Kier molecular flexibility index (Phi) is 10.6. The van der Waals surface area contributed by atoms with Gasteiger partial charge in [0.2, 0.25) is 5.91 Å². The second-order valence-corrected chi connectivity index (χ2v) is 12.0. The van der Waals surface area contributed by atoms with E-state index in [0.717, 1.165) is 24.6 Å². The maximum atomic E-state index is 13.1. The quantitative estimate of drug-likeness (QED) is 0.300. The van der Waals surface area contributed by atoms with E-state index in [1.165, 1.54) is 26.4 Å². The molecule has 1 atom stereocenters. The molecule has 0 bridgehead atoms. The van der Waals surface area contributed by atoms with Crippen molar-refractivity contribution < 1.29 is 40.0 Å². The van der Waals surface area contributed by atoms with Gasteiger partial charge in [-0.25, -0.2) is 0 Å². The number of benzene rings is 2. The monoisotopic (exact) mass is 559 g/mol. The first kappa shape index (κ1) is 31.4. The van der Waals surface area contributed by atoms with Gasteiger partial charge in [-0.3, -0.25) is 4.79 Å². The Balaban J connectivity index is 2.31. The third-order valence-electron chi connectivity index (χ3n) is 5.65. The van der Waals surface area contributed by atoms with Gasteiger partial charge in [0.05, 0.1) is 19.3 Å². The number of methoxy groups -OCH3 is 2. The second-order valence-electron chi connectivity index (χ2n) is 10.4. The van der Waals surface area contributed by atoms with Crippen LogP contribution in [0.1, 0.15) is 51.7 Å². The molecule has 11 heteroatoms. The fourth-order valence-electron chi connectivity index (χ4n) is 4.14. The molecule has 0 aliphatic heterocycles. The third kappa shape index (κ3) is 9.50. The van der Waals surface area contributed by atoms with Gasteiger partial charge in [-0.1, -0.05) is 39.8 Å². The van der Waals surface area contributed by atoms with Crippen molar-refractivity contribution >= 4 is 16.0 Å². The summed E-state index contributed by atoms with van der Waals surface area (Å²) in [6.07, 6.45) is -3.51. The smallest absolute Gasteiger partial charge is 0.416 e. The number of rotatable bonds is 12. The zero-order valence-corrected chi connectivity index (χ0v) is 23.4. The molecule has 0 aliphatic carbocycles. The maximum absolute atomic E-state index is 13.1. The number of carbonyl (C=O) groups is 1. The Morgan fingerprint density at radius 2 is 1.71 bits per heavy atom. The topological polar surface area (TPSA) is 82.1 Å². The Labute approximate surface area is 223 Å². The highest BCUT2D eigenvalue weighted by Crippen LogP contribution is 2.34. The molecule has 0 saturated carbocycles. The molecule has 2 aromatic carbocycles. The van der Waals surface area contributed by atoms with E-state index in [2.05, 4.69) is 20.8 Å². The van der Waals surface area contributed by atoms with Crippen molar-refractivity contribution in [3.8, 4) is 11.5 Å². The predicted octanol–water partition coefficient (Wildman–Crippen LogP) is 5.92. The van der Waals surface area contributed by atoms with Crippen LogP contribution < -0.4 is 8.92 Å². The lowest BCUT2D eigenvalue weighted by Gasteiger charge is -2.27. The van der Waals surface area contributed by atoms with Gasteiger partial charge in [0.1, 0.15) is 4.90 Å². The standard InChI is InChI=1S/C27H36F3NO6S/c1-19(17-26(2,3)4)14-25(32)31(12-13-35-5)18-20-10-11-23(36-6)24(15-20)37-38(33,34)22-9-7-8-21(16-22)27(28,29)30/h7-11,15-16,19H,12-14,17-18H2,1-6H3/t19-/m1/s1. The van der Waals surface area contributed by atoms with Gasteiger partial charge in [-0.05, 0) is 53.6 Å². The van der Waals surface area contributed by atoms with Gasteiger partial charge in [0, 0.05) is 26.6 Å². The minimum absolute atomic E-state index is 0.0675. The fourth-order valence-corrected chi connectivity index (χ4v) is 5.12. The summed E-state index contributed by atoms with van der Waals surface area (Å²) in [6, 6.07) is 7.83. The number of amides is 1. The Bertz CT molecular complexity index is 1190. The molecule has 0 aromatic heterocycles. The molecule has 0 radical (unpaired) electrons. The van der Waals surface area contributed by atoms with Crippen molar-refractivity contribution in [2.75, 3.05) is 27.4 Å². The van der Waals surface area contributed by atoms with E-state index in [9.17, 15) is 26.4 Å². The maximum Gasteiger partial charge on any atom is 0.416 e. The molecule has 0 aliphatic rings. The molecular weight excluding hydrogens is 523 g/mol. The van der Waals surface area contributed by atoms with Gasteiger partial charge < -0.3 is 18.6 Å². The van der Waals surface area contributed by atoms with Crippen LogP contribution in [-0.4, -0.2) is 46.6 Å². The third-order valence-corrected chi connectivity index (χ3v) is 6.88. The van der Waals surface area contributed by atoms with Gasteiger partial charge in [0.25, 0.3) is 0 Å². The number of nitrogens with zero attached hydrogens (tertiary/aromatic N) is 1. The molecule has 0 fully saturated rings. The SMILES string of the molecule is COCCN(Cc1ccc(OC)c(OS(=O)(=O)c2cccc(C(F)(F)F)c2)c1)C(=O)C[C@@H](C)CC(C)(C)C. The number of halogens is 3. The van der Waals surface area contributed by atoms with Gasteiger partial charge >= 0.3 is 16.3 Å². The lowest BCUT2D eigenvalue weighted by molar-refractivity contribution is -0.137. The molecule has 7 nitrogen and oxygen atoms in total. The van der Waals surface area contributed by atoms with Crippen LogP contribution in [0, 0.1) is 11.3 Å². The minimum atomic E-state index is -4.72. The minimum Gasteiger partial charge on any atom is -0.493 e. The first-order valence-corrected chi connectivity index (χ1v) is 13.5. The average molecular weight is 560 g/mol. The lowest BCUT2D eigenvalue weighted by atomic mass is 9.84. The van der Waals surface area contributed by atoms with Gasteiger partial charge in [0.15, 0.2) is 11.5 Å². The first-order chi connectivity index (χ1) is 17.6. The number of hydrogen-bond acceptors (Lipinski definition) is 6. The second kappa shape index (κ2) is 12.8. The van der Waals surface area contributed by atoms with Crippen molar-refractivity contribution in [2.45, 2.75) is 58.2 Å². The van der Waals surface area contributed by atoms with Crippen molar-refractivity contribution in [2.24, 2.45) is 11.3 Å².